The van der Waals surface area contributed by atoms with E-state index in [4.69, 9.17) is 0 Å². The van der Waals surface area contributed by atoms with E-state index in [1.54, 1.807) is 0 Å². The average molecular weight is 213 g/mol. The van der Waals surface area contributed by atoms with Gasteiger partial charge in [-0.2, -0.15) is 0 Å². The Balaban J connectivity index is 2.12. The molecule has 1 N–H and O–H groups in total. The first-order chi connectivity index (χ1) is 7.16. The molecule has 0 aromatic heterocycles. The maximum Gasteiger partial charge on any atom is 0.0774 e. The molecule has 0 amide bonds. The van der Waals surface area contributed by atoms with Crippen molar-refractivity contribution >= 4 is 0 Å². The number of rotatable bonds is 6. The topological polar surface area (TPSA) is 23.5 Å². The first-order valence-electron chi connectivity index (χ1n) is 6.57. The Morgan fingerprint density at radius 2 is 1.93 bits per heavy atom. The van der Waals surface area contributed by atoms with Gasteiger partial charge in [-0.1, -0.05) is 39.0 Å². The fourth-order valence-corrected chi connectivity index (χ4v) is 2.60. The first-order valence-corrected chi connectivity index (χ1v) is 6.57. The molecule has 1 atom stereocenters. The van der Waals surface area contributed by atoms with Crippen LogP contribution in [0.3, 0.4) is 0 Å². The zero-order valence-electron chi connectivity index (χ0n) is 10.5. The minimum atomic E-state index is -0.376. The van der Waals surface area contributed by atoms with Gasteiger partial charge in [0.15, 0.2) is 0 Å². The summed E-state index contributed by atoms with van der Waals surface area (Å²) >= 11 is 0. The standard InChI is InChI=1S/C13H27NO/c1-3-4-5-6-7-9-13(15)10-8-11-14(2)12-13/h15H,3-12H2,1-2H3. The molecule has 1 heterocycles. The summed E-state index contributed by atoms with van der Waals surface area (Å²) in [5, 5.41) is 10.4. The van der Waals surface area contributed by atoms with Gasteiger partial charge < -0.3 is 10.0 Å². The van der Waals surface area contributed by atoms with Gasteiger partial charge in [0.25, 0.3) is 0 Å². The second kappa shape index (κ2) is 6.49. The zero-order chi connectivity index (χ0) is 11.1. The maximum atomic E-state index is 10.4. The van der Waals surface area contributed by atoms with E-state index in [0.717, 1.165) is 32.4 Å². The molecule has 2 nitrogen and oxygen atoms in total. The predicted molar refractivity (Wildman–Crippen MR) is 65.1 cm³/mol. The van der Waals surface area contributed by atoms with Crippen molar-refractivity contribution in [2.45, 2.75) is 63.9 Å². The van der Waals surface area contributed by atoms with Crippen LogP contribution in [0.1, 0.15) is 58.3 Å². The van der Waals surface area contributed by atoms with Crippen LogP contribution in [-0.4, -0.2) is 35.7 Å². The van der Waals surface area contributed by atoms with Gasteiger partial charge >= 0.3 is 0 Å². The highest BCUT2D eigenvalue weighted by molar-refractivity contribution is 4.85. The maximum absolute atomic E-state index is 10.4. The number of hydrogen-bond donors (Lipinski definition) is 1. The van der Waals surface area contributed by atoms with E-state index in [1.807, 2.05) is 0 Å². The number of unbranched alkanes of at least 4 members (excludes halogenated alkanes) is 4. The monoisotopic (exact) mass is 213 g/mol. The van der Waals surface area contributed by atoms with Crippen molar-refractivity contribution in [1.82, 2.24) is 4.90 Å². The molecule has 1 unspecified atom stereocenters. The second-order valence-corrected chi connectivity index (χ2v) is 5.23. The summed E-state index contributed by atoms with van der Waals surface area (Å²) in [6, 6.07) is 0. The van der Waals surface area contributed by atoms with Gasteiger partial charge in [0, 0.05) is 6.54 Å². The SMILES string of the molecule is CCCCCCCC1(O)CCCN(C)C1. The number of piperidine rings is 1. The number of likely N-dealkylation sites (tertiary alicyclic amines) is 1. The fourth-order valence-electron chi connectivity index (χ4n) is 2.60. The molecule has 0 aromatic carbocycles. The summed E-state index contributed by atoms with van der Waals surface area (Å²) in [5.74, 6) is 0. The minimum absolute atomic E-state index is 0.376. The van der Waals surface area contributed by atoms with Gasteiger partial charge in [-0.05, 0) is 32.9 Å². The number of nitrogens with zero attached hydrogens (tertiary/aromatic N) is 1. The Morgan fingerprint density at radius 3 is 2.60 bits per heavy atom. The van der Waals surface area contributed by atoms with E-state index in [9.17, 15) is 5.11 Å². The Morgan fingerprint density at radius 1 is 1.20 bits per heavy atom. The van der Waals surface area contributed by atoms with Crippen molar-refractivity contribution in [2.75, 3.05) is 20.1 Å². The van der Waals surface area contributed by atoms with Crippen LogP contribution in [0.25, 0.3) is 0 Å². The van der Waals surface area contributed by atoms with Crippen molar-refractivity contribution < 1.29 is 5.11 Å². The number of hydrogen-bond acceptors (Lipinski definition) is 2. The van der Waals surface area contributed by atoms with E-state index in [0.29, 0.717) is 0 Å². The Bertz CT molecular complexity index is 172. The molecular weight excluding hydrogens is 186 g/mol. The molecule has 0 aliphatic carbocycles. The Hall–Kier alpha value is -0.0800. The highest BCUT2D eigenvalue weighted by Gasteiger charge is 2.30. The summed E-state index contributed by atoms with van der Waals surface area (Å²) in [6.45, 7) is 4.27. The molecule has 0 radical (unpaired) electrons. The average Bonchev–Trinajstić information content (AvgIpc) is 2.17. The zero-order valence-corrected chi connectivity index (χ0v) is 10.5. The van der Waals surface area contributed by atoms with Crippen LogP contribution in [-0.2, 0) is 0 Å². The van der Waals surface area contributed by atoms with Gasteiger partial charge in [-0.25, -0.2) is 0 Å². The molecule has 2 heteroatoms. The number of likely N-dealkylation sites (N-methyl/N-ethyl adjacent to an activating group) is 1. The highest BCUT2D eigenvalue weighted by atomic mass is 16.3. The number of aliphatic hydroxyl groups is 1. The van der Waals surface area contributed by atoms with Gasteiger partial charge in [0.1, 0.15) is 0 Å². The van der Waals surface area contributed by atoms with Crippen molar-refractivity contribution in [3.8, 4) is 0 Å². The Labute approximate surface area is 94.7 Å². The minimum Gasteiger partial charge on any atom is -0.389 e. The normalized spacial score (nSPS) is 28.2. The lowest BCUT2D eigenvalue weighted by atomic mass is 9.88. The molecule has 0 saturated carbocycles. The molecule has 90 valence electrons. The third kappa shape index (κ3) is 4.98. The summed E-state index contributed by atoms with van der Waals surface area (Å²) in [7, 11) is 2.11. The second-order valence-electron chi connectivity index (χ2n) is 5.23. The molecule has 0 bridgehead atoms. The largest absolute Gasteiger partial charge is 0.389 e. The lowest BCUT2D eigenvalue weighted by molar-refractivity contribution is -0.0311. The number of β-amino-alcohol motifs (C(OH)–C–C–N with tert-alkyl or cyclic N) is 1. The summed E-state index contributed by atoms with van der Waals surface area (Å²) in [5.41, 5.74) is -0.376. The lowest BCUT2D eigenvalue weighted by Gasteiger charge is -2.37. The van der Waals surface area contributed by atoms with Crippen LogP contribution < -0.4 is 0 Å². The van der Waals surface area contributed by atoms with Gasteiger partial charge in [0.05, 0.1) is 5.60 Å². The van der Waals surface area contributed by atoms with Crippen molar-refractivity contribution in [2.24, 2.45) is 0 Å². The Kier molecular flexibility index (Phi) is 5.62. The van der Waals surface area contributed by atoms with Gasteiger partial charge in [0.2, 0.25) is 0 Å². The summed E-state index contributed by atoms with van der Waals surface area (Å²) < 4.78 is 0. The quantitative estimate of drug-likeness (QED) is 0.686. The molecule has 1 aliphatic heterocycles. The molecule has 1 rings (SSSR count). The van der Waals surface area contributed by atoms with Crippen LogP contribution in [0, 0.1) is 0 Å². The van der Waals surface area contributed by atoms with E-state index in [2.05, 4.69) is 18.9 Å². The highest BCUT2D eigenvalue weighted by Crippen LogP contribution is 2.26. The van der Waals surface area contributed by atoms with Crippen LogP contribution in [0.5, 0.6) is 0 Å². The smallest absolute Gasteiger partial charge is 0.0774 e. The molecule has 0 spiro atoms. The van der Waals surface area contributed by atoms with Crippen molar-refractivity contribution in [3.63, 3.8) is 0 Å². The molecule has 1 fully saturated rings. The lowest BCUT2D eigenvalue weighted by Crippen LogP contribution is -2.46. The van der Waals surface area contributed by atoms with Crippen molar-refractivity contribution in [1.29, 1.82) is 0 Å². The first kappa shape index (κ1) is 13.0. The van der Waals surface area contributed by atoms with Crippen molar-refractivity contribution in [3.05, 3.63) is 0 Å². The van der Waals surface area contributed by atoms with E-state index < -0.39 is 0 Å². The van der Waals surface area contributed by atoms with Crippen LogP contribution in [0.4, 0.5) is 0 Å². The predicted octanol–water partition coefficient (Wildman–Crippen LogP) is 2.80. The van der Waals surface area contributed by atoms with Crippen LogP contribution in [0.2, 0.25) is 0 Å². The van der Waals surface area contributed by atoms with Gasteiger partial charge in [-0.3, -0.25) is 0 Å². The molecular formula is C13H27NO. The third-order valence-corrected chi connectivity index (χ3v) is 3.49. The van der Waals surface area contributed by atoms with E-state index in [1.165, 1.54) is 32.1 Å². The summed E-state index contributed by atoms with van der Waals surface area (Å²) in [6.07, 6.45) is 9.63. The van der Waals surface area contributed by atoms with Gasteiger partial charge in [-0.15, -0.1) is 0 Å². The molecule has 15 heavy (non-hydrogen) atoms. The van der Waals surface area contributed by atoms with Crippen LogP contribution >= 0.6 is 0 Å². The van der Waals surface area contributed by atoms with E-state index in [-0.39, 0.29) is 5.60 Å². The molecule has 1 aliphatic rings. The third-order valence-electron chi connectivity index (χ3n) is 3.49. The van der Waals surface area contributed by atoms with E-state index >= 15 is 0 Å². The van der Waals surface area contributed by atoms with Crippen LogP contribution in [0.15, 0.2) is 0 Å². The molecule has 1 saturated heterocycles. The molecule has 0 aromatic rings. The summed E-state index contributed by atoms with van der Waals surface area (Å²) in [4.78, 5) is 2.26. The fraction of sp³-hybridized carbons (Fsp3) is 1.00.